The van der Waals surface area contributed by atoms with Gasteiger partial charge in [0.15, 0.2) is 0 Å². The molecule has 1 aliphatic heterocycles. The Morgan fingerprint density at radius 3 is 2.79 bits per heavy atom. The topological polar surface area (TPSA) is 95.5 Å². The standard InChI is InChI=1S/C24H31N5O3S2/c1-2-28(17-19-9-4-3-5-10-19)15-8-14-25-24(30)20-11-7-16-29(18-20)34(31,32)22-13-6-12-21-23(22)27-33-26-21/h3-6,9-10,12-13,20H,2,7-8,11,14-18H2,1H3,(H,25,30). The molecule has 3 aromatic rings. The summed E-state index contributed by atoms with van der Waals surface area (Å²) in [7, 11) is -3.74. The summed E-state index contributed by atoms with van der Waals surface area (Å²) in [5, 5.41) is 3.03. The van der Waals surface area contributed by atoms with E-state index in [1.54, 1.807) is 18.2 Å². The Hall–Kier alpha value is -2.40. The zero-order valence-corrected chi connectivity index (χ0v) is 21.0. The first-order chi connectivity index (χ1) is 16.5. The Balaban J connectivity index is 1.29. The molecule has 34 heavy (non-hydrogen) atoms. The Morgan fingerprint density at radius 1 is 1.18 bits per heavy atom. The molecule has 0 aliphatic carbocycles. The van der Waals surface area contributed by atoms with Gasteiger partial charge in [-0.1, -0.05) is 43.3 Å². The van der Waals surface area contributed by atoms with Crippen LogP contribution in [0.5, 0.6) is 0 Å². The molecular formula is C24H31N5O3S2. The van der Waals surface area contributed by atoms with Crippen molar-refractivity contribution in [1.29, 1.82) is 0 Å². The van der Waals surface area contributed by atoms with Gasteiger partial charge in [0.05, 0.1) is 17.6 Å². The van der Waals surface area contributed by atoms with Crippen molar-refractivity contribution in [2.45, 2.75) is 37.6 Å². The summed E-state index contributed by atoms with van der Waals surface area (Å²) in [4.78, 5) is 15.3. The molecule has 1 unspecified atom stereocenters. The highest BCUT2D eigenvalue weighted by atomic mass is 32.2. The fraction of sp³-hybridized carbons (Fsp3) is 0.458. The molecule has 1 atom stereocenters. The molecule has 1 aliphatic rings. The minimum absolute atomic E-state index is 0.0699. The highest BCUT2D eigenvalue weighted by Crippen LogP contribution is 2.28. The number of nitrogens with one attached hydrogen (secondary N) is 1. The minimum atomic E-state index is -3.74. The van der Waals surface area contributed by atoms with Crippen LogP contribution in [0.1, 0.15) is 31.7 Å². The van der Waals surface area contributed by atoms with Gasteiger partial charge in [-0.15, -0.1) is 0 Å². The molecule has 8 nitrogen and oxygen atoms in total. The van der Waals surface area contributed by atoms with Crippen molar-refractivity contribution in [1.82, 2.24) is 23.3 Å². The molecule has 0 radical (unpaired) electrons. The van der Waals surface area contributed by atoms with Crippen LogP contribution in [-0.4, -0.2) is 65.0 Å². The number of carbonyl (C=O) groups is 1. The zero-order valence-electron chi connectivity index (χ0n) is 19.4. The van der Waals surface area contributed by atoms with Gasteiger partial charge < -0.3 is 5.32 Å². The van der Waals surface area contributed by atoms with Gasteiger partial charge in [0.25, 0.3) is 0 Å². The highest BCUT2D eigenvalue weighted by Gasteiger charge is 2.34. The van der Waals surface area contributed by atoms with Crippen LogP contribution >= 0.6 is 11.7 Å². The van der Waals surface area contributed by atoms with E-state index in [1.807, 2.05) is 18.2 Å². The second kappa shape index (κ2) is 11.4. The van der Waals surface area contributed by atoms with Crippen LogP contribution in [-0.2, 0) is 21.4 Å². The largest absolute Gasteiger partial charge is 0.356 e. The Kier molecular flexibility index (Phi) is 8.25. The number of aromatic nitrogens is 2. The van der Waals surface area contributed by atoms with E-state index in [-0.39, 0.29) is 23.3 Å². The van der Waals surface area contributed by atoms with E-state index >= 15 is 0 Å². The van der Waals surface area contributed by atoms with Gasteiger partial charge in [-0.05, 0) is 43.5 Å². The Labute approximate surface area is 205 Å². The molecule has 1 fully saturated rings. The fourth-order valence-electron chi connectivity index (χ4n) is 4.35. The molecule has 4 rings (SSSR count). The van der Waals surface area contributed by atoms with Crippen LogP contribution in [0.25, 0.3) is 11.0 Å². The number of nitrogens with zero attached hydrogens (tertiary/aromatic N) is 4. The molecule has 1 aromatic heterocycles. The predicted octanol–water partition coefficient (Wildman–Crippen LogP) is 3.12. The number of hydrogen-bond donors (Lipinski definition) is 1. The smallest absolute Gasteiger partial charge is 0.245 e. The monoisotopic (exact) mass is 501 g/mol. The van der Waals surface area contributed by atoms with Gasteiger partial charge in [-0.2, -0.15) is 13.1 Å². The van der Waals surface area contributed by atoms with Crippen molar-refractivity contribution in [2.75, 3.05) is 32.7 Å². The molecule has 10 heteroatoms. The molecule has 1 saturated heterocycles. The number of fused-ring (bicyclic) bond motifs is 1. The maximum atomic E-state index is 13.3. The van der Waals surface area contributed by atoms with Crippen molar-refractivity contribution in [2.24, 2.45) is 5.92 Å². The average Bonchev–Trinajstić information content (AvgIpc) is 3.35. The quantitative estimate of drug-likeness (QED) is 0.429. The lowest BCUT2D eigenvalue weighted by Crippen LogP contribution is -2.45. The zero-order chi connectivity index (χ0) is 24.0. The van der Waals surface area contributed by atoms with E-state index in [0.717, 1.165) is 37.8 Å². The minimum Gasteiger partial charge on any atom is -0.356 e. The maximum Gasteiger partial charge on any atom is 0.245 e. The lowest BCUT2D eigenvalue weighted by atomic mass is 9.99. The highest BCUT2D eigenvalue weighted by molar-refractivity contribution is 7.89. The van der Waals surface area contributed by atoms with Crippen LogP contribution in [0, 0.1) is 5.92 Å². The van der Waals surface area contributed by atoms with Gasteiger partial charge >= 0.3 is 0 Å². The summed E-state index contributed by atoms with van der Waals surface area (Å²) in [6.45, 7) is 6.05. The van der Waals surface area contributed by atoms with Crippen molar-refractivity contribution in [3.05, 3.63) is 54.1 Å². The second-order valence-electron chi connectivity index (χ2n) is 8.59. The van der Waals surface area contributed by atoms with Crippen molar-refractivity contribution in [3.8, 4) is 0 Å². The van der Waals surface area contributed by atoms with E-state index in [9.17, 15) is 13.2 Å². The van der Waals surface area contributed by atoms with Crippen LogP contribution in [0.15, 0.2) is 53.4 Å². The number of sulfonamides is 1. The number of benzene rings is 2. The van der Waals surface area contributed by atoms with Crippen molar-refractivity contribution < 1.29 is 13.2 Å². The molecular weight excluding hydrogens is 470 g/mol. The molecule has 1 N–H and O–H groups in total. The summed E-state index contributed by atoms with van der Waals surface area (Å²) in [6, 6.07) is 15.4. The van der Waals surface area contributed by atoms with Gasteiger partial charge in [0.2, 0.25) is 15.9 Å². The first-order valence-electron chi connectivity index (χ1n) is 11.7. The molecule has 182 valence electrons. The first kappa shape index (κ1) is 24.7. The Bertz CT molecular complexity index is 1200. The van der Waals surface area contributed by atoms with E-state index in [0.29, 0.717) is 37.0 Å². The summed E-state index contributed by atoms with van der Waals surface area (Å²) in [5.74, 6) is -0.414. The SMILES string of the molecule is CCN(CCCNC(=O)C1CCCN(S(=O)(=O)c2cccc3nsnc23)C1)Cc1ccccc1. The lowest BCUT2D eigenvalue weighted by Gasteiger charge is -2.31. The first-order valence-corrected chi connectivity index (χ1v) is 13.9. The van der Waals surface area contributed by atoms with E-state index < -0.39 is 10.0 Å². The molecule has 0 spiro atoms. The third kappa shape index (κ3) is 5.80. The van der Waals surface area contributed by atoms with E-state index in [4.69, 9.17) is 0 Å². The van der Waals surface area contributed by atoms with Gasteiger partial charge in [0.1, 0.15) is 15.9 Å². The third-order valence-corrected chi connectivity index (χ3v) is 8.71. The predicted molar refractivity (Wildman–Crippen MR) is 134 cm³/mol. The number of hydrogen-bond acceptors (Lipinski definition) is 7. The Morgan fingerprint density at radius 2 is 2.00 bits per heavy atom. The maximum absolute atomic E-state index is 13.3. The second-order valence-corrected chi connectivity index (χ2v) is 11.0. The van der Waals surface area contributed by atoms with Crippen LogP contribution < -0.4 is 5.32 Å². The third-order valence-electron chi connectivity index (χ3n) is 6.27. The number of carbonyl (C=O) groups excluding carboxylic acids is 1. The summed E-state index contributed by atoms with van der Waals surface area (Å²) >= 11 is 1.000. The normalized spacial score (nSPS) is 17.3. The molecule has 1 amide bonds. The van der Waals surface area contributed by atoms with Crippen LogP contribution in [0.2, 0.25) is 0 Å². The van der Waals surface area contributed by atoms with Crippen molar-refractivity contribution >= 4 is 38.7 Å². The van der Waals surface area contributed by atoms with Crippen LogP contribution in [0.4, 0.5) is 0 Å². The van der Waals surface area contributed by atoms with E-state index in [1.165, 1.54) is 9.87 Å². The van der Waals surface area contributed by atoms with Gasteiger partial charge in [-0.25, -0.2) is 8.42 Å². The molecule has 2 aromatic carbocycles. The number of amides is 1. The fourth-order valence-corrected chi connectivity index (χ4v) is 6.63. The summed E-state index contributed by atoms with van der Waals surface area (Å²) in [5.41, 5.74) is 2.25. The van der Waals surface area contributed by atoms with Gasteiger partial charge in [-0.3, -0.25) is 9.69 Å². The molecule has 0 saturated carbocycles. The van der Waals surface area contributed by atoms with Crippen molar-refractivity contribution in [3.63, 3.8) is 0 Å². The summed E-state index contributed by atoms with van der Waals surface area (Å²) < 4.78 is 36.4. The van der Waals surface area contributed by atoms with Crippen LogP contribution in [0.3, 0.4) is 0 Å². The van der Waals surface area contributed by atoms with Gasteiger partial charge in [0, 0.05) is 32.7 Å². The summed E-state index contributed by atoms with van der Waals surface area (Å²) in [6.07, 6.45) is 2.19. The average molecular weight is 502 g/mol. The van der Waals surface area contributed by atoms with E-state index in [2.05, 4.69) is 38.0 Å². The molecule has 2 heterocycles. The molecule has 0 bridgehead atoms. The number of piperidine rings is 1. The lowest BCUT2D eigenvalue weighted by molar-refractivity contribution is -0.126. The number of rotatable bonds is 10.